The van der Waals surface area contributed by atoms with Crippen molar-refractivity contribution in [2.75, 3.05) is 36.4 Å². The average Bonchev–Trinajstić information content (AvgIpc) is 2.63. The van der Waals surface area contributed by atoms with Gasteiger partial charge in [0.15, 0.2) is 6.10 Å². The van der Waals surface area contributed by atoms with Crippen LogP contribution in [0.15, 0.2) is 48.7 Å². The Morgan fingerprint density at radius 3 is 2.57 bits per heavy atom. The fourth-order valence-corrected chi connectivity index (χ4v) is 2.55. The second kappa shape index (κ2) is 7.21. The van der Waals surface area contributed by atoms with Crippen molar-refractivity contribution in [1.29, 1.82) is 0 Å². The van der Waals surface area contributed by atoms with Crippen LogP contribution in [-0.2, 0) is 4.79 Å². The van der Waals surface area contributed by atoms with Gasteiger partial charge in [0.05, 0.1) is 11.9 Å². The molecule has 2 heterocycles. The normalized spacial score (nSPS) is 16.0. The molecule has 0 aliphatic carbocycles. The Morgan fingerprint density at radius 1 is 1.17 bits per heavy atom. The van der Waals surface area contributed by atoms with E-state index in [4.69, 9.17) is 0 Å². The van der Waals surface area contributed by atoms with Crippen molar-refractivity contribution < 1.29 is 9.90 Å². The first kappa shape index (κ1) is 15.5. The zero-order valence-electron chi connectivity index (χ0n) is 12.8. The summed E-state index contributed by atoms with van der Waals surface area (Å²) in [5, 5.41) is 16.0. The van der Waals surface area contributed by atoms with Gasteiger partial charge in [-0.25, -0.2) is 4.98 Å². The second-order valence-electron chi connectivity index (χ2n) is 5.44. The van der Waals surface area contributed by atoms with Crippen molar-refractivity contribution >= 4 is 17.4 Å². The van der Waals surface area contributed by atoms with Gasteiger partial charge in [-0.3, -0.25) is 4.79 Å². The van der Waals surface area contributed by atoms with Crippen LogP contribution in [0.1, 0.15) is 11.7 Å². The minimum atomic E-state index is -1.20. The Balaban J connectivity index is 1.62. The SMILES string of the molecule is O=C(Nc1ccc(N2CCNCC2)cn1)C(O)c1ccccc1. The molecular formula is C17H20N4O2. The lowest BCUT2D eigenvalue weighted by molar-refractivity contribution is -0.124. The molecule has 0 radical (unpaired) electrons. The number of hydrogen-bond acceptors (Lipinski definition) is 5. The van der Waals surface area contributed by atoms with Gasteiger partial charge in [0.25, 0.3) is 5.91 Å². The van der Waals surface area contributed by atoms with Crippen LogP contribution in [0, 0.1) is 0 Å². The highest BCUT2D eigenvalue weighted by Crippen LogP contribution is 2.18. The van der Waals surface area contributed by atoms with Crippen molar-refractivity contribution in [3.63, 3.8) is 0 Å². The summed E-state index contributed by atoms with van der Waals surface area (Å²) < 4.78 is 0. The molecule has 0 bridgehead atoms. The molecule has 6 heteroatoms. The van der Waals surface area contributed by atoms with Crippen LogP contribution in [0.2, 0.25) is 0 Å². The van der Waals surface area contributed by atoms with Crippen LogP contribution in [0.25, 0.3) is 0 Å². The number of benzene rings is 1. The molecule has 120 valence electrons. The summed E-state index contributed by atoms with van der Waals surface area (Å²) >= 11 is 0. The summed E-state index contributed by atoms with van der Waals surface area (Å²) in [6.07, 6.45) is 0.543. The lowest BCUT2D eigenvalue weighted by Gasteiger charge is -2.29. The Morgan fingerprint density at radius 2 is 1.91 bits per heavy atom. The fraction of sp³-hybridized carbons (Fsp3) is 0.294. The third-order valence-corrected chi connectivity index (χ3v) is 3.84. The van der Waals surface area contributed by atoms with Crippen LogP contribution in [0.5, 0.6) is 0 Å². The van der Waals surface area contributed by atoms with E-state index in [1.807, 2.05) is 12.1 Å². The largest absolute Gasteiger partial charge is 0.378 e. The van der Waals surface area contributed by atoms with Crippen molar-refractivity contribution in [3.05, 3.63) is 54.2 Å². The predicted molar refractivity (Wildman–Crippen MR) is 89.4 cm³/mol. The first-order chi connectivity index (χ1) is 11.2. The first-order valence-electron chi connectivity index (χ1n) is 7.69. The van der Waals surface area contributed by atoms with Crippen molar-refractivity contribution in [1.82, 2.24) is 10.3 Å². The maximum absolute atomic E-state index is 12.1. The zero-order valence-corrected chi connectivity index (χ0v) is 12.8. The molecule has 2 aromatic rings. The molecule has 0 spiro atoms. The molecule has 1 fully saturated rings. The number of aliphatic hydroxyl groups is 1. The number of aliphatic hydroxyl groups excluding tert-OH is 1. The lowest BCUT2D eigenvalue weighted by atomic mass is 10.1. The van der Waals surface area contributed by atoms with Gasteiger partial charge < -0.3 is 20.6 Å². The molecule has 6 nitrogen and oxygen atoms in total. The molecule has 1 saturated heterocycles. The number of nitrogens with zero attached hydrogens (tertiary/aromatic N) is 2. The highest BCUT2D eigenvalue weighted by molar-refractivity contribution is 5.93. The Labute approximate surface area is 135 Å². The number of carbonyl (C=O) groups excluding carboxylic acids is 1. The Hall–Kier alpha value is -2.44. The molecular weight excluding hydrogens is 292 g/mol. The second-order valence-corrected chi connectivity index (χ2v) is 5.44. The summed E-state index contributed by atoms with van der Waals surface area (Å²) in [6.45, 7) is 3.81. The van der Waals surface area contributed by atoms with Gasteiger partial charge in [-0.2, -0.15) is 0 Å². The van der Waals surface area contributed by atoms with Gasteiger partial charge in [-0.05, 0) is 17.7 Å². The van der Waals surface area contributed by atoms with E-state index in [1.54, 1.807) is 36.5 Å². The van der Waals surface area contributed by atoms with E-state index in [0.717, 1.165) is 31.9 Å². The molecule has 1 atom stereocenters. The van der Waals surface area contributed by atoms with E-state index in [1.165, 1.54) is 0 Å². The van der Waals surface area contributed by atoms with E-state index in [2.05, 4.69) is 20.5 Å². The molecule has 0 saturated carbocycles. The van der Waals surface area contributed by atoms with Gasteiger partial charge in [0.2, 0.25) is 0 Å². The Bertz CT molecular complexity index is 639. The van der Waals surface area contributed by atoms with Crippen molar-refractivity contribution in [2.24, 2.45) is 0 Å². The monoisotopic (exact) mass is 312 g/mol. The standard InChI is InChI=1S/C17H20N4O2/c22-16(13-4-2-1-3-5-13)17(23)20-15-7-6-14(12-19-15)21-10-8-18-9-11-21/h1-7,12,16,18,22H,8-11H2,(H,19,20,23). The van der Waals surface area contributed by atoms with Gasteiger partial charge >= 0.3 is 0 Å². The van der Waals surface area contributed by atoms with Gasteiger partial charge in [-0.15, -0.1) is 0 Å². The summed E-state index contributed by atoms with van der Waals surface area (Å²) in [5.41, 5.74) is 1.59. The van der Waals surface area contributed by atoms with E-state index in [9.17, 15) is 9.90 Å². The van der Waals surface area contributed by atoms with E-state index < -0.39 is 12.0 Å². The maximum atomic E-state index is 12.1. The minimum Gasteiger partial charge on any atom is -0.378 e. The predicted octanol–water partition coefficient (Wildman–Crippen LogP) is 1.16. The van der Waals surface area contributed by atoms with E-state index in [-0.39, 0.29) is 0 Å². The number of amides is 1. The average molecular weight is 312 g/mol. The van der Waals surface area contributed by atoms with Gasteiger partial charge in [0.1, 0.15) is 5.82 Å². The summed E-state index contributed by atoms with van der Waals surface area (Å²) in [4.78, 5) is 18.6. The van der Waals surface area contributed by atoms with E-state index in [0.29, 0.717) is 11.4 Å². The zero-order chi connectivity index (χ0) is 16.1. The van der Waals surface area contributed by atoms with Crippen LogP contribution in [0.4, 0.5) is 11.5 Å². The summed E-state index contributed by atoms with van der Waals surface area (Å²) in [6, 6.07) is 12.5. The number of anilines is 2. The smallest absolute Gasteiger partial charge is 0.258 e. The number of hydrogen-bond donors (Lipinski definition) is 3. The molecule has 1 aromatic carbocycles. The molecule has 23 heavy (non-hydrogen) atoms. The molecule has 3 N–H and O–H groups in total. The number of rotatable bonds is 4. The van der Waals surface area contributed by atoms with Gasteiger partial charge in [0, 0.05) is 26.2 Å². The number of aromatic nitrogens is 1. The highest BCUT2D eigenvalue weighted by Gasteiger charge is 2.17. The first-order valence-corrected chi connectivity index (χ1v) is 7.69. The highest BCUT2D eigenvalue weighted by atomic mass is 16.3. The summed E-state index contributed by atoms with van der Waals surface area (Å²) in [7, 11) is 0. The van der Waals surface area contributed by atoms with Crippen LogP contribution < -0.4 is 15.5 Å². The third-order valence-electron chi connectivity index (χ3n) is 3.84. The van der Waals surface area contributed by atoms with Crippen LogP contribution >= 0.6 is 0 Å². The summed E-state index contributed by atoms with van der Waals surface area (Å²) in [5.74, 6) is -0.0533. The van der Waals surface area contributed by atoms with E-state index >= 15 is 0 Å². The molecule has 1 amide bonds. The molecule has 1 unspecified atom stereocenters. The topological polar surface area (TPSA) is 77.5 Å². The molecule has 1 aliphatic heterocycles. The maximum Gasteiger partial charge on any atom is 0.258 e. The van der Waals surface area contributed by atoms with Crippen molar-refractivity contribution in [3.8, 4) is 0 Å². The fourth-order valence-electron chi connectivity index (χ4n) is 2.55. The molecule has 1 aromatic heterocycles. The molecule has 3 rings (SSSR count). The van der Waals surface area contributed by atoms with Gasteiger partial charge in [-0.1, -0.05) is 30.3 Å². The Kier molecular flexibility index (Phi) is 4.85. The number of piperazine rings is 1. The number of nitrogens with one attached hydrogen (secondary N) is 2. The lowest BCUT2D eigenvalue weighted by Crippen LogP contribution is -2.43. The quantitative estimate of drug-likeness (QED) is 0.790. The van der Waals surface area contributed by atoms with Crippen LogP contribution in [-0.4, -0.2) is 42.2 Å². The van der Waals surface area contributed by atoms with Crippen LogP contribution in [0.3, 0.4) is 0 Å². The minimum absolute atomic E-state index is 0.434. The number of carbonyl (C=O) groups is 1. The van der Waals surface area contributed by atoms with Crippen molar-refractivity contribution in [2.45, 2.75) is 6.10 Å². The third kappa shape index (κ3) is 3.85. The molecule has 1 aliphatic rings. The number of pyridine rings is 1.